The minimum atomic E-state index is 0.410. The zero-order valence-electron chi connectivity index (χ0n) is 8.52. The molecule has 0 saturated heterocycles. The van der Waals surface area contributed by atoms with Crippen molar-refractivity contribution in [3.8, 4) is 0 Å². The van der Waals surface area contributed by atoms with Gasteiger partial charge in [-0.25, -0.2) is 0 Å². The lowest BCUT2D eigenvalue weighted by Gasteiger charge is -2.38. The predicted octanol–water partition coefficient (Wildman–Crippen LogP) is 3.55. The minimum Gasteiger partial charge on any atom is -0.0839 e. The third kappa shape index (κ3) is 0.840. The second-order valence-corrected chi connectivity index (χ2v) is 4.86. The minimum absolute atomic E-state index is 0.410. The molecule has 66 valence electrons. The molecule has 0 saturated carbocycles. The van der Waals surface area contributed by atoms with E-state index in [1.54, 1.807) is 11.1 Å². The molecule has 0 unspecified atom stereocenters. The van der Waals surface area contributed by atoms with E-state index in [-0.39, 0.29) is 0 Å². The van der Waals surface area contributed by atoms with Gasteiger partial charge in [0.15, 0.2) is 0 Å². The maximum Gasteiger partial charge on any atom is -0.00172 e. The molecule has 12 heavy (non-hydrogen) atoms. The van der Waals surface area contributed by atoms with Gasteiger partial charge in [-0.15, -0.1) is 0 Å². The van der Waals surface area contributed by atoms with Crippen molar-refractivity contribution in [3.05, 3.63) is 23.3 Å². The van der Waals surface area contributed by atoms with Crippen LogP contribution in [0, 0.1) is 17.3 Å². The maximum absolute atomic E-state index is 2.42. The van der Waals surface area contributed by atoms with E-state index in [2.05, 4.69) is 39.8 Å². The van der Waals surface area contributed by atoms with Crippen LogP contribution in [0.25, 0.3) is 0 Å². The van der Waals surface area contributed by atoms with Crippen LogP contribution >= 0.6 is 0 Å². The quantitative estimate of drug-likeness (QED) is 0.478. The summed E-state index contributed by atoms with van der Waals surface area (Å²) in [5, 5.41) is 0. The number of allylic oxidation sites excluding steroid dienone is 4. The van der Waals surface area contributed by atoms with Gasteiger partial charge in [-0.1, -0.05) is 37.1 Å². The van der Waals surface area contributed by atoms with Crippen LogP contribution in [0.4, 0.5) is 0 Å². The van der Waals surface area contributed by atoms with Gasteiger partial charge in [0, 0.05) is 0 Å². The summed E-state index contributed by atoms with van der Waals surface area (Å²) in [5.41, 5.74) is 3.65. The molecule has 0 radical (unpaired) electrons. The highest BCUT2D eigenvalue weighted by Crippen LogP contribution is 2.50. The van der Waals surface area contributed by atoms with E-state index < -0.39 is 0 Å². The summed E-state index contributed by atoms with van der Waals surface area (Å²) in [6.45, 7) is 9.36. The van der Waals surface area contributed by atoms with Gasteiger partial charge in [-0.05, 0) is 37.5 Å². The molecule has 2 aliphatic rings. The Balaban J connectivity index is 2.51. The fourth-order valence-corrected chi connectivity index (χ4v) is 2.62. The summed E-state index contributed by atoms with van der Waals surface area (Å²) in [7, 11) is 0. The summed E-state index contributed by atoms with van der Waals surface area (Å²) in [6, 6.07) is 0. The van der Waals surface area contributed by atoms with E-state index >= 15 is 0 Å². The lowest BCUT2D eigenvalue weighted by Crippen LogP contribution is -2.28. The zero-order valence-corrected chi connectivity index (χ0v) is 8.52. The van der Waals surface area contributed by atoms with Crippen LogP contribution in [0.2, 0.25) is 0 Å². The predicted molar refractivity (Wildman–Crippen MR) is 52.9 cm³/mol. The van der Waals surface area contributed by atoms with E-state index in [1.807, 2.05) is 0 Å². The SMILES string of the molecule is CC1=C(C)C(C)(C)[C@H]2C=C[C@@H]1C2. The standard InChI is InChI=1S/C12H18/c1-8-9(2)12(3,4)11-6-5-10(8)7-11/h5-6,10-11H,7H2,1-4H3/t10-,11+/m1/s1. The molecular weight excluding hydrogens is 144 g/mol. The second-order valence-electron chi connectivity index (χ2n) is 4.86. The van der Waals surface area contributed by atoms with Crippen LogP contribution in [-0.4, -0.2) is 0 Å². The smallest absolute Gasteiger partial charge is 0.00172 e. The molecule has 0 nitrogen and oxygen atoms in total. The van der Waals surface area contributed by atoms with Gasteiger partial charge in [-0.2, -0.15) is 0 Å². The fourth-order valence-electron chi connectivity index (χ4n) is 2.62. The molecule has 0 spiro atoms. The van der Waals surface area contributed by atoms with Crippen molar-refractivity contribution in [2.45, 2.75) is 34.1 Å². The lowest BCUT2D eigenvalue weighted by molar-refractivity contribution is 0.277. The fraction of sp³-hybridized carbons (Fsp3) is 0.667. The Morgan fingerprint density at radius 3 is 2.58 bits per heavy atom. The first kappa shape index (κ1) is 8.10. The molecule has 0 aromatic heterocycles. The Morgan fingerprint density at radius 2 is 1.92 bits per heavy atom. The van der Waals surface area contributed by atoms with Gasteiger partial charge in [0.2, 0.25) is 0 Å². The van der Waals surface area contributed by atoms with Crippen molar-refractivity contribution in [2.75, 3.05) is 0 Å². The van der Waals surface area contributed by atoms with Crippen molar-refractivity contribution in [1.29, 1.82) is 0 Å². The highest BCUT2D eigenvalue weighted by molar-refractivity contribution is 5.33. The van der Waals surface area contributed by atoms with Gasteiger partial charge in [0.05, 0.1) is 0 Å². The molecule has 2 bridgehead atoms. The third-order valence-electron chi connectivity index (χ3n) is 4.12. The number of hydrogen-bond acceptors (Lipinski definition) is 0. The van der Waals surface area contributed by atoms with Crippen molar-refractivity contribution in [2.24, 2.45) is 17.3 Å². The molecule has 0 N–H and O–H groups in total. The van der Waals surface area contributed by atoms with E-state index in [1.165, 1.54) is 6.42 Å². The Morgan fingerprint density at radius 1 is 1.25 bits per heavy atom. The summed E-state index contributed by atoms with van der Waals surface area (Å²) < 4.78 is 0. The average Bonchev–Trinajstić information content (AvgIpc) is 2.46. The first-order chi connectivity index (χ1) is 5.53. The van der Waals surface area contributed by atoms with Crippen molar-refractivity contribution in [1.82, 2.24) is 0 Å². The Bertz CT molecular complexity index is 266. The summed E-state index contributed by atoms with van der Waals surface area (Å²) >= 11 is 0. The Labute approximate surface area is 75.4 Å². The van der Waals surface area contributed by atoms with Crippen LogP contribution in [0.1, 0.15) is 34.1 Å². The molecule has 2 aliphatic carbocycles. The average molecular weight is 162 g/mol. The largest absolute Gasteiger partial charge is 0.0839 e. The molecule has 2 atom stereocenters. The van der Waals surface area contributed by atoms with Crippen molar-refractivity contribution in [3.63, 3.8) is 0 Å². The molecule has 0 fully saturated rings. The number of hydrogen-bond donors (Lipinski definition) is 0. The first-order valence-electron chi connectivity index (χ1n) is 4.89. The van der Waals surface area contributed by atoms with E-state index in [0.29, 0.717) is 5.41 Å². The molecule has 0 heterocycles. The Kier molecular flexibility index (Phi) is 1.51. The topological polar surface area (TPSA) is 0 Å². The summed E-state index contributed by atoms with van der Waals surface area (Å²) in [5.74, 6) is 1.56. The number of fused-ring (bicyclic) bond motifs is 2. The van der Waals surface area contributed by atoms with Crippen LogP contribution < -0.4 is 0 Å². The molecular formula is C12H18. The van der Waals surface area contributed by atoms with Gasteiger partial charge >= 0.3 is 0 Å². The Hall–Kier alpha value is -0.520. The number of rotatable bonds is 0. The summed E-state index contributed by atoms with van der Waals surface area (Å²) in [4.78, 5) is 0. The molecule has 0 aromatic carbocycles. The molecule has 2 rings (SSSR count). The first-order valence-corrected chi connectivity index (χ1v) is 4.89. The van der Waals surface area contributed by atoms with E-state index in [9.17, 15) is 0 Å². The maximum atomic E-state index is 2.42. The van der Waals surface area contributed by atoms with E-state index in [4.69, 9.17) is 0 Å². The second kappa shape index (κ2) is 2.25. The van der Waals surface area contributed by atoms with E-state index in [0.717, 1.165) is 11.8 Å². The van der Waals surface area contributed by atoms with Crippen molar-refractivity contribution >= 4 is 0 Å². The zero-order chi connectivity index (χ0) is 8.93. The van der Waals surface area contributed by atoms with Crippen LogP contribution in [0.5, 0.6) is 0 Å². The van der Waals surface area contributed by atoms with Gasteiger partial charge in [-0.3, -0.25) is 0 Å². The molecule has 0 heteroatoms. The van der Waals surface area contributed by atoms with Gasteiger partial charge in [0.25, 0.3) is 0 Å². The monoisotopic (exact) mass is 162 g/mol. The van der Waals surface area contributed by atoms with Crippen LogP contribution in [0.3, 0.4) is 0 Å². The van der Waals surface area contributed by atoms with Gasteiger partial charge < -0.3 is 0 Å². The third-order valence-corrected chi connectivity index (χ3v) is 4.12. The lowest BCUT2D eigenvalue weighted by atomic mass is 9.66. The highest BCUT2D eigenvalue weighted by atomic mass is 14.4. The molecule has 0 aromatic rings. The van der Waals surface area contributed by atoms with Gasteiger partial charge in [0.1, 0.15) is 0 Å². The highest BCUT2D eigenvalue weighted by Gasteiger charge is 2.39. The van der Waals surface area contributed by atoms with Crippen molar-refractivity contribution < 1.29 is 0 Å². The van der Waals surface area contributed by atoms with Crippen LogP contribution in [-0.2, 0) is 0 Å². The normalized spacial score (nSPS) is 37.7. The molecule has 0 aliphatic heterocycles. The van der Waals surface area contributed by atoms with Crippen LogP contribution in [0.15, 0.2) is 23.3 Å². The summed E-state index contributed by atoms with van der Waals surface area (Å²) in [6.07, 6.45) is 6.18. The molecule has 0 amide bonds.